The quantitative estimate of drug-likeness (QED) is 0.121. The van der Waals surface area contributed by atoms with E-state index in [0.29, 0.717) is 28.6 Å². The maximum Gasteiger partial charge on any atom is 0.308 e. The number of esters is 2. The number of allylic oxidation sites excluding steroid dienone is 4. The Bertz CT molecular complexity index is 2590. The van der Waals surface area contributed by atoms with E-state index in [1.165, 1.54) is 13.8 Å². The summed E-state index contributed by atoms with van der Waals surface area (Å²) in [6.07, 6.45) is 8.34. The van der Waals surface area contributed by atoms with E-state index < -0.39 is 0 Å². The maximum atomic E-state index is 11.7. The molecule has 8 nitrogen and oxygen atoms in total. The van der Waals surface area contributed by atoms with E-state index in [9.17, 15) is 9.59 Å². The molecule has 0 unspecified atom stereocenters. The van der Waals surface area contributed by atoms with Crippen molar-refractivity contribution in [1.82, 2.24) is 19.9 Å². The highest BCUT2D eigenvalue weighted by atomic mass is 16.5. The second-order valence-electron chi connectivity index (χ2n) is 12.5. The molecule has 0 spiro atoms. The van der Waals surface area contributed by atoms with Crippen molar-refractivity contribution in [3.05, 3.63) is 139 Å². The molecule has 0 saturated heterocycles. The second kappa shape index (κ2) is 13.8. The molecule has 0 amide bonds. The molecule has 8 rings (SSSR count). The second-order valence-corrected chi connectivity index (χ2v) is 12.5. The SMILES string of the molecule is CC(=O)Oc1cccc(-c2nc3cc(-c4ccc5nc(-c6cccc(OC(C)=O)c6)c(-c6ccccc6)nc5c4)ccc3nc2C2=CCCC=C2)c1. The number of nitrogens with zero attached hydrogens (tertiary/aromatic N) is 4. The van der Waals surface area contributed by atoms with Crippen molar-refractivity contribution >= 4 is 39.6 Å². The van der Waals surface area contributed by atoms with Crippen LogP contribution in [0.15, 0.2) is 133 Å². The van der Waals surface area contributed by atoms with Gasteiger partial charge in [0, 0.05) is 30.5 Å². The third-order valence-corrected chi connectivity index (χ3v) is 8.72. The van der Waals surface area contributed by atoms with Crippen LogP contribution in [-0.4, -0.2) is 31.9 Å². The van der Waals surface area contributed by atoms with Crippen molar-refractivity contribution in [2.75, 3.05) is 0 Å². The summed E-state index contributed by atoms with van der Waals surface area (Å²) in [5.74, 6) is 0.124. The first-order valence-electron chi connectivity index (χ1n) is 17.0. The van der Waals surface area contributed by atoms with E-state index in [0.717, 1.165) is 74.0 Å². The molecular weight excluding hydrogens is 649 g/mol. The highest BCUT2D eigenvalue weighted by Gasteiger charge is 2.18. The van der Waals surface area contributed by atoms with Crippen LogP contribution < -0.4 is 9.47 Å². The summed E-state index contributed by atoms with van der Waals surface area (Å²) >= 11 is 0. The molecule has 0 atom stereocenters. The summed E-state index contributed by atoms with van der Waals surface area (Å²) in [4.78, 5) is 43.9. The van der Waals surface area contributed by atoms with Crippen LogP contribution in [0.2, 0.25) is 0 Å². The van der Waals surface area contributed by atoms with E-state index in [2.05, 4.69) is 24.3 Å². The van der Waals surface area contributed by atoms with Gasteiger partial charge in [-0.25, -0.2) is 19.9 Å². The number of rotatable bonds is 7. The van der Waals surface area contributed by atoms with E-state index in [4.69, 9.17) is 29.4 Å². The molecule has 52 heavy (non-hydrogen) atoms. The van der Waals surface area contributed by atoms with Crippen LogP contribution in [0.5, 0.6) is 11.5 Å². The maximum absolute atomic E-state index is 11.7. The predicted octanol–water partition coefficient (Wildman–Crippen LogP) is 9.82. The van der Waals surface area contributed by atoms with E-state index >= 15 is 0 Å². The van der Waals surface area contributed by atoms with Crippen molar-refractivity contribution in [1.29, 1.82) is 0 Å². The van der Waals surface area contributed by atoms with Crippen LogP contribution in [0.1, 0.15) is 32.4 Å². The molecule has 0 N–H and O–H groups in total. The normalized spacial score (nSPS) is 12.5. The zero-order chi connectivity index (χ0) is 35.6. The van der Waals surface area contributed by atoms with E-state index in [1.54, 1.807) is 12.1 Å². The molecule has 252 valence electrons. The first kappa shape index (κ1) is 32.4. The monoisotopic (exact) mass is 680 g/mol. The number of ether oxygens (including phenoxy) is 2. The van der Waals surface area contributed by atoms with E-state index in [1.807, 2.05) is 97.1 Å². The summed E-state index contributed by atoms with van der Waals surface area (Å²) < 4.78 is 10.8. The molecule has 2 heterocycles. The van der Waals surface area contributed by atoms with Crippen LogP contribution >= 0.6 is 0 Å². The largest absolute Gasteiger partial charge is 0.427 e. The Balaban J connectivity index is 1.24. The minimum Gasteiger partial charge on any atom is -0.427 e. The Morgan fingerprint density at radius 1 is 0.481 bits per heavy atom. The standard InChI is InChI=1S/C44H32N4O4/c1-27(49)51-35-17-9-15-33(23-35)43-42(30-13-7-4-8-14-30)47-39-25-31(20-22-38(39)46-43)32-19-21-37-40(26-32)48-44(41(45-37)29-11-5-3-6-12-29)34-16-10-18-36(24-34)52-28(2)50/h4-5,7-26H,3,6H2,1-2H3. The van der Waals surface area contributed by atoms with Crippen molar-refractivity contribution < 1.29 is 19.1 Å². The van der Waals surface area contributed by atoms with Crippen LogP contribution in [0.25, 0.3) is 72.5 Å². The molecule has 0 aliphatic heterocycles. The Morgan fingerprint density at radius 2 is 0.981 bits per heavy atom. The zero-order valence-electron chi connectivity index (χ0n) is 28.5. The molecule has 0 radical (unpaired) electrons. The minimum atomic E-state index is -0.388. The lowest BCUT2D eigenvalue weighted by Crippen LogP contribution is -2.02. The van der Waals surface area contributed by atoms with Gasteiger partial charge in [-0.1, -0.05) is 85.0 Å². The third-order valence-electron chi connectivity index (χ3n) is 8.72. The lowest BCUT2D eigenvalue weighted by molar-refractivity contribution is -0.132. The summed E-state index contributed by atoms with van der Waals surface area (Å²) in [6, 6.07) is 36.8. The molecular formula is C44H32N4O4. The number of carbonyl (C=O) groups excluding carboxylic acids is 2. The lowest BCUT2D eigenvalue weighted by Gasteiger charge is -2.14. The Hall–Kier alpha value is -6.80. The van der Waals surface area contributed by atoms with Crippen molar-refractivity contribution in [2.45, 2.75) is 26.7 Å². The molecule has 0 saturated carbocycles. The molecule has 2 aromatic heterocycles. The molecule has 1 aliphatic rings. The first-order chi connectivity index (χ1) is 25.4. The van der Waals surface area contributed by atoms with Crippen LogP contribution in [-0.2, 0) is 9.59 Å². The average Bonchev–Trinajstić information content (AvgIpc) is 3.17. The third kappa shape index (κ3) is 6.69. The molecule has 1 aliphatic carbocycles. The van der Waals surface area contributed by atoms with Crippen molar-refractivity contribution in [3.63, 3.8) is 0 Å². The van der Waals surface area contributed by atoms with Gasteiger partial charge in [-0.2, -0.15) is 0 Å². The highest BCUT2D eigenvalue weighted by Crippen LogP contribution is 2.36. The Kier molecular flexibility index (Phi) is 8.63. The smallest absolute Gasteiger partial charge is 0.308 e. The van der Waals surface area contributed by atoms with Crippen LogP contribution in [0.4, 0.5) is 0 Å². The summed E-state index contributed by atoms with van der Waals surface area (Å²) in [6.45, 7) is 2.77. The molecule has 7 aromatic rings. The van der Waals surface area contributed by atoms with Gasteiger partial charge < -0.3 is 9.47 Å². The van der Waals surface area contributed by atoms with Gasteiger partial charge in [0.2, 0.25) is 0 Å². The van der Waals surface area contributed by atoms with Crippen LogP contribution in [0.3, 0.4) is 0 Å². The van der Waals surface area contributed by atoms with Gasteiger partial charge in [-0.15, -0.1) is 0 Å². The number of hydrogen-bond donors (Lipinski definition) is 0. The molecule has 0 fully saturated rings. The first-order valence-corrected chi connectivity index (χ1v) is 17.0. The fourth-order valence-corrected chi connectivity index (χ4v) is 6.40. The van der Waals surface area contributed by atoms with Gasteiger partial charge in [-0.3, -0.25) is 9.59 Å². The molecule has 5 aromatic carbocycles. The van der Waals surface area contributed by atoms with Crippen molar-refractivity contribution in [3.8, 4) is 56.4 Å². The summed E-state index contributed by atoms with van der Waals surface area (Å²) in [7, 11) is 0. The minimum absolute atomic E-state index is 0.384. The van der Waals surface area contributed by atoms with Gasteiger partial charge in [0.1, 0.15) is 11.5 Å². The Morgan fingerprint density at radius 3 is 1.52 bits per heavy atom. The summed E-state index contributed by atoms with van der Waals surface area (Å²) in [5, 5.41) is 0. The number of hydrogen-bond acceptors (Lipinski definition) is 8. The van der Waals surface area contributed by atoms with Gasteiger partial charge >= 0.3 is 11.9 Å². The number of fused-ring (bicyclic) bond motifs is 2. The molecule has 8 heteroatoms. The number of benzene rings is 5. The van der Waals surface area contributed by atoms with Gasteiger partial charge in [-0.05, 0) is 78.1 Å². The predicted molar refractivity (Wildman–Crippen MR) is 203 cm³/mol. The average molecular weight is 681 g/mol. The fourth-order valence-electron chi connectivity index (χ4n) is 6.40. The van der Waals surface area contributed by atoms with Gasteiger partial charge in [0.05, 0.1) is 44.8 Å². The van der Waals surface area contributed by atoms with Gasteiger partial charge in [0.25, 0.3) is 0 Å². The number of aromatic nitrogens is 4. The topological polar surface area (TPSA) is 104 Å². The van der Waals surface area contributed by atoms with Gasteiger partial charge in [0.15, 0.2) is 0 Å². The van der Waals surface area contributed by atoms with Crippen LogP contribution in [0, 0.1) is 0 Å². The van der Waals surface area contributed by atoms with E-state index in [-0.39, 0.29) is 11.9 Å². The zero-order valence-corrected chi connectivity index (χ0v) is 28.5. The Labute approximate surface area is 300 Å². The molecule has 0 bridgehead atoms. The van der Waals surface area contributed by atoms with Crippen molar-refractivity contribution in [2.24, 2.45) is 0 Å². The fraction of sp³-hybridized carbons (Fsp3) is 0.0909. The lowest BCUT2D eigenvalue weighted by atomic mass is 9.98. The summed E-state index contributed by atoms with van der Waals surface area (Å²) in [5.41, 5.74) is 11.3. The highest BCUT2D eigenvalue weighted by molar-refractivity contribution is 5.92. The number of carbonyl (C=O) groups is 2.